The number of aryl methyl sites for hydroxylation is 3. The maximum absolute atomic E-state index is 12.4. The van der Waals surface area contributed by atoms with Gasteiger partial charge in [0, 0.05) is 25.1 Å². The number of rotatable bonds is 12. The zero-order valence-corrected chi connectivity index (χ0v) is 21.7. The Kier molecular flexibility index (Phi) is 8.77. The smallest absolute Gasteiger partial charge is 0.251 e. The standard InChI is InChI=1S/C31H37N3O2/c1-4-24(3)25-16-18-27(19-17-25)36-22-8-21-34-29-10-6-5-9-28(29)33-30(34)11-7-20-32-31(35)26-14-12-23(2)13-15-26/h5-6,9-10,12-19,24H,4,7-8,11,20-22H2,1-3H3,(H,32,35). The minimum Gasteiger partial charge on any atom is -0.494 e. The van der Waals surface area contributed by atoms with Gasteiger partial charge in [0.15, 0.2) is 0 Å². The van der Waals surface area contributed by atoms with Crippen LogP contribution in [0.3, 0.4) is 0 Å². The van der Waals surface area contributed by atoms with Crippen LogP contribution in [-0.4, -0.2) is 28.6 Å². The number of hydrogen-bond donors (Lipinski definition) is 1. The van der Waals surface area contributed by atoms with E-state index < -0.39 is 0 Å². The maximum Gasteiger partial charge on any atom is 0.251 e. The summed E-state index contributed by atoms with van der Waals surface area (Å²) in [6.45, 7) is 8.60. The zero-order chi connectivity index (χ0) is 25.3. The van der Waals surface area contributed by atoms with Crippen molar-refractivity contribution in [3.63, 3.8) is 0 Å². The van der Waals surface area contributed by atoms with Crippen LogP contribution in [0.2, 0.25) is 0 Å². The van der Waals surface area contributed by atoms with Crippen molar-refractivity contribution in [1.82, 2.24) is 14.9 Å². The molecule has 0 bridgehead atoms. The Morgan fingerprint density at radius 3 is 2.50 bits per heavy atom. The molecule has 188 valence electrons. The molecule has 0 radical (unpaired) electrons. The van der Waals surface area contributed by atoms with E-state index in [1.165, 1.54) is 5.56 Å². The van der Waals surface area contributed by atoms with Crippen LogP contribution in [0.1, 0.15) is 66.3 Å². The fourth-order valence-corrected chi connectivity index (χ4v) is 4.36. The number of nitrogens with zero attached hydrogens (tertiary/aromatic N) is 2. The third kappa shape index (κ3) is 6.54. The summed E-state index contributed by atoms with van der Waals surface area (Å²) in [6, 6.07) is 24.4. The maximum atomic E-state index is 12.4. The first-order chi connectivity index (χ1) is 17.5. The van der Waals surface area contributed by atoms with Crippen LogP contribution in [0, 0.1) is 6.92 Å². The summed E-state index contributed by atoms with van der Waals surface area (Å²) in [7, 11) is 0. The summed E-state index contributed by atoms with van der Waals surface area (Å²) >= 11 is 0. The zero-order valence-electron chi connectivity index (χ0n) is 21.7. The van der Waals surface area contributed by atoms with Gasteiger partial charge in [0.25, 0.3) is 5.91 Å². The molecular weight excluding hydrogens is 446 g/mol. The summed E-state index contributed by atoms with van der Waals surface area (Å²) in [6.07, 6.45) is 3.67. The molecule has 5 nitrogen and oxygen atoms in total. The number of para-hydroxylation sites is 2. The van der Waals surface area contributed by atoms with Gasteiger partial charge in [0.2, 0.25) is 0 Å². The van der Waals surface area contributed by atoms with Gasteiger partial charge in [-0.05, 0) is 74.1 Å². The van der Waals surface area contributed by atoms with Crippen molar-refractivity contribution in [1.29, 1.82) is 0 Å². The number of amides is 1. The van der Waals surface area contributed by atoms with Crippen molar-refractivity contribution in [3.05, 3.63) is 95.3 Å². The van der Waals surface area contributed by atoms with Crippen LogP contribution < -0.4 is 10.1 Å². The van der Waals surface area contributed by atoms with Crippen molar-refractivity contribution >= 4 is 16.9 Å². The number of fused-ring (bicyclic) bond motifs is 1. The summed E-state index contributed by atoms with van der Waals surface area (Å²) in [5.74, 6) is 2.52. The number of hydrogen-bond acceptors (Lipinski definition) is 3. The van der Waals surface area contributed by atoms with Crippen molar-refractivity contribution in [3.8, 4) is 5.75 Å². The van der Waals surface area contributed by atoms with Crippen LogP contribution in [-0.2, 0) is 13.0 Å². The quantitative estimate of drug-likeness (QED) is 0.228. The monoisotopic (exact) mass is 483 g/mol. The van der Waals surface area contributed by atoms with Crippen LogP contribution in [0.5, 0.6) is 5.75 Å². The van der Waals surface area contributed by atoms with E-state index in [9.17, 15) is 4.79 Å². The molecule has 0 aliphatic rings. The van der Waals surface area contributed by atoms with Gasteiger partial charge in [-0.2, -0.15) is 0 Å². The highest BCUT2D eigenvalue weighted by Crippen LogP contribution is 2.22. The highest BCUT2D eigenvalue weighted by Gasteiger charge is 2.11. The molecule has 3 aromatic carbocycles. The number of carbonyl (C=O) groups is 1. The van der Waals surface area contributed by atoms with Gasteiger partial charge < -0.3 is 14.6 Å². The lowest BCUT2D eigenvalue weighted by atomic mass is 9.99. The molecule has 0 aliphatic heterocycles. The van der Waals surface area contributed by atoms with E-state index in [2.05, 4.69) is 66.2 Å². The lowest BCUT2D eigenvalue weighted by Crippen LogP contribution is -2.25. The highest BCUT2D eigenvalue weighted by atomic mass is 16.5. The predicted molar refractivity (Wildman–Crippen MR) is 147 cm³/mol. The Balaban J connectivity index is 1.30. The molecule has 1 aromatic heterocycles. The number of aromatic nitrogens is 2. The SMILES string of the molecule is CCC(C)c1ccc(OCCCn2c(CCCNC(=O)c3ccc(C)cc3)nc3ccccc32)cc1. The Morgan fingerprint density at radius 2 is 1.75 bits per heavy atom. The summed E-state index contributed by atoms with van der Waals surface area (Å²) in [5, 5.41) is 3.03. The molecule has 1 unspecified atom stereocenters. The van der Waals surface area contributed by atoms with Crippen LogP contribution >= 0.6 is 0 Å². The van der Waals surface area contributed by atoms with Crippen LogP contribution in [0.4, 0.5) is 0 Å². The van der Waals surface area contributed by atoms with Gasteiger partial charge in [-0.25, -0.2) is 4.98 Å². The number of carbonyl (C=O) groups excluding carboxylic acids is 1. The molecule has 5 heteroatoms. The van der Waals surface area contributed by atoms with Gasteiger partial charge in [-0.15, -0.1) is 0 Å². The molecule has 0 aliphatic carbocycles. The molecule has 0 saturated carbocycles. The minimum absolute atomic E-state index is 0.0298. The second-order valence-electron chi connectivity index (χ2n) is 9.47. The number of ether oxygens (including phenoxy) is 1. The molecule has 1 atom stereocenters. The highest BCUT2D eigenvalue weighted by molar-refractivity contribution is 5.94. The summed E-state index contributed by atoms with van der Waals surface area (Å²) in [5.41, 5.74) is 5.36. The second kappa shape index (κ2) is 12.4. The Labute approximate surface area is 214 Å². The fraction of sp³-hybridized carbons (Fsp3) is 0.355. The van der Waals surface area contributed by atoms with Gasteiger partial charge >= 0.3 is 0 Å². The van der Waals surface area contributed by atoms with E-state index in [1.807, 2.05) is 37.3 Å². The molecule has 0 fully saturated rings. The molecule has 1 amide bonds. The van der Waals surface area contributed by atoms with E-state index >= 15 is 0 Å². The van der Waals surface area contributed by atoms with Gasteiger partial charge in [-0.1, -0.05) is 55.8 Å². The number of imidazole rings is 1. The molecule has 36 heavy (non-hydrogen) atoms. The first-order valence-electron chi connectivity index (χ1n) is 13.1. The lowest BCUT2D eigenvalue weighted by Gasteiger charge is -2.12. The van der Waals surface area contributed by atoms with Gasteiger partial charge in [0.1, 0.15) is 11.6 Å². The lowest BCUT2D eigenvalue weighted by molar-refractivity contribution is 0.0953. The van der Waals surface area contributed by atoms with Crippen LogP contribution in [0.15, 0.2) is 72.8 Å². The second-order valence-corrected chi connectivity index (χ2v) is 9.47. The average Bonchev–Trinajstić information content (AvgIpc) is 3.26. The predicted octanol–water partition coefficient (Wildman–Crippen LogP) is 6.69. The Morgan fingerprint density at radius 1 is 1.00 bits per heavy atom. The third-order valence-electron chi connectivity index (χ3n) is 6.77. The van der Waals surface area contributed by atoms with E-state index in [0.717, 1.165) is 60.4 Å². The van der Waals surface area contributed by atoms with Crippen molar-refractivity contribution < 1.29 is 9.53 Å². The average molecular weight is 484 g/mol. The third-order valence-corrected chi connectivity index (χ3v) is 6.77. The van der Waals surface area contributed by atoms with Crippen molar-refractivity contribution in [2.45, 2.75) is 58.9 Å². The molecule has 4 rings (SSSR count). The molecule has 0 saturated heterocycles. The summed E-state index contributed by atoms with van der Waals surface area (Å²) < 4.78 is 8.32. The first kappa shape index (κ1) is 25.5. The van der Waals surface area contributed by atoms with E-state index in [0.29, 0.717) is 24.6 Å². The largest absolute Gasteiger partial charge is 0.494 e. The molecule has 1 N–H and O–H groups in total. The van der Waals surface area contributed by atoms with E-state index in [4.69, 9.17) is 9.72 Å². The van der Waals surface area contributed by atoms with Crippen molar-refractivity contribution in [2.75, 3.05) is 13.2 Å². The van der Waals surface area contributed by atoms with Gasteiger partial charge in [0.05, 0.1) is 17.6 Å². The molecule has 0 spiro atoms. The topological polar surface area (TPSA) is 56.1 Å². The van der Waals surface area contributed by atoms with Crippen LogP contribution in [0.25, 0.3) is 11.0 Å². The Bertz CT molecular complexity index is 1260. The number of nitrogens with one attached hydrogen (secondary N) is 1. The first-order valence-corrected chi connectivity index (χ1v) is 13.1. The molecule has 1 heterocycles. The summed E-state index contributed by atoms with van der Waals surface area (Å²) in [4.78, 5) is 17.3. The minimum atomic E-state index is -0.0298. The van der Waals surface area contributed by atoms with Gasteiger partial charge in [-0.3, -0.25) is 4.79 Å². The molecule has 4 aromatic rings. The van der Waals surface area contributed by atoms with E-state index in [1.54, 1.807) is 0 Å². The number of benzene rings is 3. The molecular formula is C31H37N3O2. The van der Waals surface area contributed by atoms with Crippen molar-refractivity contribution in [2.24, 2.45) is 0 Å². The van der Waals surface area contributed by atoms with E-state index in [-0.39, 0.29) is 5.91 Å². The normalized spacial score (nSPS) is 12.0. The fourth-order valence-electron chi connectivity index (χ4n) is 4.36. The Hall–Kier alpha value is -3.60.